The fourth-order valence-corrected chi connectivity index (χ4v) is 1.88. The van der Waals surface area contributed by atoms with Gasteiger partial charge in [-0.1, -0.05) is 12.1 Å². The van der Waals surface area contributed by atoms with Crippen LogP contribution in [0.25, 0.3) is 0 Å². The predicted octanol–water partition coefficient (Wildman–Crippen LogP) is 3.09. The number of para-hydroxylation sites is 1. The third-order valence-corrected chi connectivity index (χ3v) is 2.93. The molecule has 6 heteroatoms. The number of hydrogen-bond acceptors (Lipinski definition) is 5. The number of nitrogens with zero attached hydrogens (tertiary/aromatic N) is 2. The fourth-order valence-electron chi connectivity index (χ4n) is 1.88. The quantitative estimate of drug-likeness (QED) is 0.673. The van der Waals surface area contributed by atoms with Gasteiger partial charge in [-0.2, -0.15) is 5.26 Å². The van der Waals surface area contributed by atoms with Crippen molar-refractivity contribution < 1.29 is 9.66 Å². The molecule has 0 heterocycles. The van der Waals surface area contributed by atoms with E-state index in [1.165, 1.54) is 6.07 Å². The van der Waals surface area contributed by atoms with Crippen LogP contribution in [0, 0.1) is 21.4 Å². The molecule has 2 rings (SSSR count). The lowest BCUT2D eigenvalue weighted by molar-refractivity contribution is -0.384. The molecule has 0 spiro atoms. The Kier molecular flexibility index (Phi) is 4.36. The molecule has 0 atom stereocenters. The molecule has 0 unspecified atom stereocenters. The Bertz CT molecular complexity index is 708. The second kappa shape index (κ2) is 6.39. The first-order valence-electron chi connectivity index (χ1n) is 6.22. The minimum atomic E-state index is -0.443. The van der Waals surface area contributed by atoms with Crippen molar-refractivity contribution in [1.29, 1.82) is 5.26 Å². The number of nitrogens with one attached hydrogen (secondary N) is 1. The highest BCUT2D eigenvalue weighted by molar-refractivity contribution is 5.62. The molecule has 21 heavy (non-hydrogen) atoms. The molecule has 0 saturated carbocycles. The highest BCUT2D eigenvalue weighted by Gasteiger charge is 2.13. The molecule has 0 aromatic heterocycles. The largest absolute Gasteiger partial charge is 0.488 e. The highest BCUT2D eigenvalue weighted by atomic mass is 16.6. The molecule has 0 fully saturated rings. The van der Waals surface area contributed by atoms with E-state index in [1.54, 1.807) is 43.4 Å². The third kappa shape index (κ3) is 3.28. The summed E-state index contributed by atoms with van der Waals surface area (Å²) >= 11 is 0. The maximum Gasteiger partial charge on any atom is 0.292 e. The molecule has 0 aliphatic carbocycles. The van der Waals surface area contributed by atoms with E-state index >= 15 is 0 Å². The smallest absolute Gasteiger partial charge is 0.292 e. The van der Waals surface area contributed by atoms with Crippen molar-refractivity contribution in [1.82, 2.24) is 0 Å². The van der Waals surface area contributed by atoms with E-state index in [-0.39, 0.29) is 12.3 Å². The Morgan fingerprint density at radius 1 is 1.33 bits per heavy atom. The van der Waals surface area contributed by atoms with Gasteiger partial charge in [-0.05, 0) is 29.8 Å². The van der Waals surface area contributed by atoms with Gasteiger partial charge in [0.05, 0.1) is 10.5 Å². The number of rotatable bonds is 5. The van der Waals surface area contributed by atoms with Crippen molar-refractivity contribution in [2.24, 2.45) is 0 Å². The molecule has 6 nitrogen and oxygen atoms in total. The average molecular weight is 283 g/mol. The number of nitro groups is 1. The fraction of sp³-hybridized carbons (Fsp3) is 0.133. The maximum atomic E-state index is 10.9. The summed E-state index contributed by atoms with van der Waals surface area (Å²) < 4.78 is 5.59. The molecular formula is C15H13N3O3. The topological polar surface area (TPSA) is 88.2 Å². The minimum Gasteiger partial charge on any atom is -0.488 e. The standard InChI is InChI=1S/C15H13N3O3/c1-17-13-8-11(6-7-14(13)18(19)20)10-21-15-5-3-2-4-12(15)9-16/h2-8,17H,10H2,1H3. The van der Waals surface area contributed by atoms with Crippen LogP contribution in [-0.4, -0.2) is 12.0 Å². The van der Waals surface area contributed by atoms with Gasteiger partial charge >= 0.3 is 0 Å². The van der Waals surface area contributed by atoms with Gasteiger partial charge in [-0.15, -0.1) is 0 Å². The van der Waals surface area contributed by atoms with Gasteiger partial charge in [0.1, 0.15) is 24.1 Å². The van der Waals surface area contributed by atoms with Gasteiger partial charge in [-0.25, -0.2) is 0 Å². The number of nitriles is 1. The van der Waals surface area contributed by atoms with E-state index in [0.29, 0.717) is 17.0 Å². The SMILES string of the molecule is CNc1cc(COc2ccccc2C#N)ccc1[N+](=O)[O-]. The second-order valence-electron chi connectivity index (χ2n) is 4.26. The lowest BCUT2D eigenvalue weighted by atomic mass is 10.1. The second-order valence-corrected chi connectivity index (χ2v) is 4.26. The summed E-state index contributed by atoms with van der Waals surface area (Å²) in [4.78, 5) is 10.4. The Morgan fingerprint density at radius 2 is 2.10 bits per heavy atom. The van der Waals surface area contributed by atoms with E-state index in [2.05, 4.69) is 11.4 Å². The number of anilines is 1. The summed E-state index contributed by atoms with van der Waals surface area (Å²) in [6.45, 7) is 0.228. The Hall–Kier alpha value is -3.07. The molecule has 1 N–H and O–H groups in total. The molecule has 2 aromatic carbocycles. The zero-order valence-corrected chi connectivity index (χ0v) is 11.4. The molecule has 0 amide bonds. The van der Waals surface area contributed by atoms with Crippen LogP contribution in [0.2, 0.25) is 0 Å². The number of ether oxygens (including phenoxy) is 1. The van der Waals surface area contributed by atoms with E-state index in [1.807, 2.05) is 0 Å². The zero-order chi connectivity index (χ0) is 15.2. The number of hydrogen-bond donors (Lipinski definition) is 1. The molecule has 0 aliphatic heterocycles. The summed E-state index contributed by atoms with van der Waals surface area (Å²) in [5, 5.41) is 22.6. The molecule has 0 aliphatic rings. The van der Waals surface area contributed by atoms with Crippen molar-refractivity contribution >= 4 is 11.4 Å². The Balaban J connectivity index is 2.17. The van der Waals surface area contributed by atoms with Crippen LogP contribution in [0.4, 0.5) is 11.4 Å². The van der Waals surface area contributed by atoms with E-state index in [9.17, 15) is 10.1 Å². The first-order chi connectivity index (χ1) is 10.2. The van der Waals surface area contributed by atoms with Crippen molar-refractivity contribution in [2.45, 2.75) is 6.61 Å². The van der Waals surface area contributed by atoms with Gasteiger partial charge in [0, 0.05) is 13.1 Å². The van der Waals surface area contributed by atoms with Gasteiger partial charge in [0.25, 0.3) is 5.69 Å². The van der Waals surface area contributed by atoms with Crippen LogP contribution in [0.15, 0.2) is 42.5 Å². The van der Waals surface area contributed by atoms with Crippen molar-refractivity contribution in [2.75, 3.05) is 12.4 Å². The van der Waals surface area contributed by atoms with E-state index in [4.69, 9.17) is 10.00 Å². The summed E-state index contributed by atoms with van der Waals surface area (Å²) in [7, 11) is 1.62. The summed E-state index contributed by atoms with van der Waals surface area (Å²) in [5.41, 5.74) is 1.67. The summed E-state index contributed by atoms with van der Waals surface area (Å²) in [6, 6.07) is 13.7. The zero-order valence-electron chi connectivity index (χ0n) is 11.4. The van der Waals surface area contributed by atoms with Crippen LogP contribution in [-0.2, 0) is 6.61 Å². The Labute approximate surface area is 121 Å². The normalized spacial score (nSPS) is 9.71. The van der Waals surface area contributed by atoms with Crippen molar-refractivity contribution in [3.63, 3.8) is 0 Å². The first-order valence-corrected chi connectivity index (χ1v) is 6.22. The highest BCUT2D eigenvalue weighted by Crippen LogP contribution is 2.26. The predicted molar refractivity (Wildman–Crippen MR) is 78.1 cm³/mol. The van der Waals surface area contributed by atoms with E-state index < -0.39 is 4.92 Å². The van der Waals surface area contributed by atoms with Crippen LogP contribution in [0.5, 0.6) is 5.75 Å². The van der Waals surface area contributed by atoms with Crippen LogP contribution >= 0.6 is 0 Å². The average Bonchev–Trinajstić information content (AvgIpc) is 2.52. The maximum absolute atomic E-state index is 10.9. The van der Waals surface area contributed by atoms with Crippen LogP contribution in [0.1, 0.15) is 11.1 Å². The number of nitro benzene ring substituents is 1. The van der Waals surface area contributed by atoms with E-state index in [0.717, 1.165) is 5.56 Å². The lowest BCUT2D eigenvalue weighted by Gasteiger charge is -2.09. The monoisotopic (exact) mass is 283 g/mol. The van der Waals surface area contributed by atoms with Crippen molar-refractivity contribution in [3.05, 3.63) is 63.7 Å². The number of benzene rings is 2. The van der Waals surface area contributed by atoms with Crippen LogP contribution in [0.3, 0.4) is 0 Å². The molecule has 0 bridgehead atoms. The molecule has 2 aromatic rings. The molecule has 0 saturated heterocycles. The van der Waals surface area contributed by atoms with Gasteiger partial charge in [-0.3, -0.25) is 10.1 Å². The lowest BCUT2D eigenvalue weighted by Crippen LogP contribution is -2.01. The Morgan fingerprint density at radius 3 is 2.76 bits per heavy atom. The van der Waals surface area contributed by atoms with Gasteiger partial charge in [0.15, 0.2) is 0 Å². The van der Waals surface area contributed by atoms with Crippen LogP contribution < -0.4 is 10.1 Å². The van der Waals surface area contributed by atoms with Crippen molar-refractivity contribution in [3.8, 4) is 11.8 Å². The van der Waals surface area contributed by atoms with Gasteiger partial charge < -0.3 is 10.1 Å². The van der Waals surface area contributed by atoms with Gasteiger partial charge in [0.2, 0.25) is 0 Å². The minimum absolute atomic E-state index is 0.0127. The molecule has 0 radical (unpaired) electrons. The first kappa shape index (κ1) is 14.3. The summed E-state index contributed by atoms with van der Waals surface area (Å²) in [5.74, 6) is 0.490. The summed E-state index contributed by atoms with van der Waals surface area (Å²) in [6.07, 6.45) is 0. The molecule has 106 valence electrons. The molecular weight excluding hydrogens is 270 g/mol. The third-order valence-electron chi connectivity index (χ3n) is 2.93.